The van der Waals surface area contributed by atoms with Crippen molar-refractivity contribution >= 4 is 0 Å². The Morgan fingerprint density at radius 2 is 1.89 bits per heavy atom. The molecule has 19 heavy (non-hydrogen) atoms. The molecule has 0 atom stereocenters. The summed E-state index contributed by atoms with van der Waals surface area (Å²) in [5.74, 6) is -0.261. The van der Waals surface area contributed by atoms with Crippen LogP contribution in [0.1, 0.15) is 5.56 Å². The van der Waals surface area contributed by atoms with Gasteiger partial charge in [0.25, 0.3) is 0 Å². The van der Waals surface area contributed by atoms with Crippen LogP contribution in [-0.2, 0) is 6.54 Å². The number of hydrogen-bond acceptors (Lipinski definition) is 3. The summed E-state index contributed by atoms with van der Waals surface area (Å²) < 4.78 is 40.3. The minimum atomic E-state index is -4.70. The maximum atomic E-state index is 12.1. The Kier molecular flexibility index (Phi) is 3.71. The van der Waals surface area contributed by atoms with Gasteiger partial charge in [0.1, 0.15) is 5.75 Å². The number of ether oxygens (including phenoxy) is 1. The summed E-state index contributed by atoms with van der Waals surface area (Å²) >= 11 is 0. The normalized spacial score (nSPS) is 11.4. The monoisotopic (exact) mass is 268 g/mol. The van der Waals surface area contributed by atoms with Crippen LogP contribution in [0.4, 0.5) is 13.2 Å². The average molecular weight is 268 g/mol. The van der Waals surface area contributed by atoms with Crippen LogP contribution >= 0.6 is 0 Å². The summed E-state index contributed by atoms with van der Waals surface area (Å²) in [6.07, 6.45) is -1.53. The van der Waals surface area contributed by atoms with E-state index in [2.05, 4.69) is 9.72 Å². The number of nitrogens with two attached hydrogens (primary N) is 1. The molecule has 0 bridgehead atoms. The van der Waals surface area contributed by atoms with Gasteiger partial charge < -0.3 is 10.5 Å². The summed E-state index contributed by atoms with van der Waals surface area (Å²) in [4.78, 5) is 3.99. The molecule has 0 unspecified atom stereocenters. The summed E-state index contributed by atoms with van der Waals surface area (Å²) in [6.45, 7) is 0.319. The second-order valence-corrected chi connectivity index (χ2v) is 3.86. The minimum absolute atomic E-state index is 0.261. The van der Waals surface area contributed by atoms with Gasteiger partial charge in [-0.05, 0) is 29.3 Å². The lowest BCUT2D eigenvalue weighted by Gasteiger charge is -2.10. The predicted octanol–water partition coefficient (Wildman–Crippen LogP) is 3.11. The van der Waals surface area contributed by atoms with Crippen LogP contribution in [0.3, 0.4) is 0 Å². The molecule has 1 aromatic carbocycles. The second kappa shape index (κ2) is 5.27. The van der Waals surface area contributed by atoms with Gasteiger partial charge in [-0.2, -0.15) is 0 Å². The number of aromatic nitrogens is 1. The van der Waals surface area contributed by atoms with Crippen LogP contribution in [0.25, 0.3) is 11.1 Å². The highest BCUT2D eigenvalue weighted by molar-refractivity contribution is 5.64. The molecule has 0 saturated carbocycles. The van der Waals surface area contributed by atoms with Crippen molar-refractivity contribution in [3.63, 3.8) is 0 Å². The lowest BCUT2D eigenvalue weighted by Crippen LogP contribution is -2.17. The zero-order valence-corrected chi connectivity index (χ0v) is 9.82. The maximum Gasteiger partial charge on any atom is 0.573 e. The lowest BCUT2D eigenvalue weighted by molar-refractivity contribution is -0.274. The molecule has 0 aliphatic rings. The summed E-state index contributed by atoms with van der Waals surface area (Å²) in [5, 5.41) is 0. The fraction of sp³-hybridized carbons (Fsp3) is 0.154. The molecule has 0 spiro atoms. The number of halogens is 3. The van der Waals surface area contributed by atoms with Gasteiger partial charge in [-0.15, -0.1) is 13.2 Å². The van der Waals surface area contributed by atoms with Crippen molar-refractivity contribution in [1.82, 2.24) is 4.98 Å². The first-order valence-corrected chi connectivity index (χ1v) is 5.48. The number of hydrogen-bond donors (Lipinski definition) is 1. The quantitative estimate of drug-likeness (QED) is 0.930. The van der Waals surface area contributed by atoms with Gasteiger partial charge in [0, 0.05) is 24.5 Å². The topological polar surface area (TPSA) is 48.1 Å². The van der Waals surface area contributed by atoms with E-state index in [0.717, 1.165) is 5.56 Å². The maximum absolute atomic E-state index is 12.1. The number of benzene rings is 1. The van der Waals surface area contributed by atoms with E-state index in [0.29, 0.717) is 17.7 Å². The van der Waals surface area contributed by atoms with Crippen LogP contribution in [0.5, 0.6) is 5.75 Å². The van der Waals surface area contributed by atoms with Crippen LogP contribution in [0, 0.1) is 0 Å². The van der Waals surface area contributed by atoms with E-state index in [1.807, 2.05) is 0 Å². The molecule has 100 valence electrons. The molecule has 1 heterocycles. The summed E-state index contributed by atoms with van der Waals surface area (Å²) in [6, 6.07) is 7.51. The Morgan fingerprint density at radius 3 is 2.58 bits per heavy atom. The second-order valence-electron chi connectivity index (χ2n) is 3.86. The highest BCUT2D eigenvalue weighted by Crippen LogP contribution is 2.27. The van der Waals surface area contributed by atoms with E-state index in [1.165, 1.54) is 18.2 Å². The van der Waals surface area contributed by atoms with Crippen LogP contribution < -0.4 is 10.5 Å². The van der Waals surface area contributed by atoms with E-state index in [4.69, 9.17) is 5.73 Å². The third-order valence-electron chi connectivity index (χ3n) is 2.43. The molecular formula is C13H11F3N2O. The third kappa shape index (κ3) is 3.69. The molecular weight excluding hydrogens is 257 g/mol. The van der Waals surface area contributed by atoms with E-state index in [1.54, 1.807) is 24.5 Å². The highest BCUT2D eigenvalue weighted by atomic mass is 19.4. The van der Waals surface area contributed by atoms with Gasteiger partial charge >= 0.3 is 6.36 Å². The Morgan fingerprint density at radius 1 is 1.11 bits per heavy atom. The predicted molar refractivity (Wildman–Crippen MR) is 64.2 cm³/mol. The smallest absolute Gasteiger partial charge is 0.406 e. The number of alkyl halides is 3. The van der Waals surface area contributed by atoms with E-state index in [-0.39, 0.29) is 5.75 Å². The van der Waals surface area contributed by atoms with Crippen LogP contribution in [-0.4, -0.2) is 11.3 Å². The highest BCUT2D eigenvalue weighted by Gasteiger charge is 2.31. The SMILES string of the molecule is NCc1cncc(-c2cccc(OC(F)(F)F)c2)c1. The summed E-state index contributed by atoms with van der Waals surface area (Å²) in [5.41, 5.74) is 7.58. The van der Waals surface area contributed by atoms with Crippen molar-refractivity contribution in [2.45, 2.75) is 12.9 Å². The standard InChI is InChI=1S/C13H11F3N2O/c14-13(15,16)19-12-3-1-2-10(5-12)11-4-9(6-17)7-18-8-11/h1-5,7-8H,6,17H2. The lowest BCUT2D eigenvalue weighted by atomic mass is 10.1. The molecule has 2 aromatic rings. The minimum Gasteiger partial charge on any atom is -0.406 e. The van der Waals surface area contributed by atoms with E-state index < -0.39 is 6.36 Å². The van der Waals surface area contributed by atoms with Gasteiger partial charge in [-0.3, -0.25) is 4.98 Å². The zero-order valence-electron chi connectivity index (χ0n) is 9.82. The Bertz CT molecular complexity index is 570. The summed E-state index contributed by atoms with van der Waals surface area (Å²) in [7, 11) is 0. The van der Waals surface area contributed by atoms with E-state index in [9.17, 15) is 13.2 Å². The molecule has 1 aromatic heterocycles. The van der Waals surface area contributed by atoms with Gasteiger partial charge in [-0.1, -0.05) is 12.1 Å². The van der Waals surface area contributed by atoms with Crippen molar-refractivity contribution in [1.29, 1.82) is 0 Å². The number of rotatable bonds is 3. The molecule has 2 rings (SSSR count). The molecule has 3 nitrogen and oxygen atoms in total. The first kappa shape index (κ1) is 13.4. The van der Waals surface area contributed by atoms with Crippen molar-refractivity contribution in [3.05, 3.63) is 48.3 Å². The first-order valence-electron chi connectivity index (χ1n) is 5.48. The van der Waals surface area contributed by atoms with Crippen LogP contribution in [0.15, 0.2) is 42.7 Å². The fourth-order valence-electron chi connectivity index (χ4n) is 1.63. The van der Waals surface area contributed by atoms with Gasteiger partial charge in [0.05, 0.1) is 0 Å². The third-order valence-corrected chi connectivity index (χ3v) is 2.43. The van der Waals surface area contributed by atoms with Crippen molar-refractivity contribution < 1.29 is 17.9 Å². The average Bonchev–Trinajstić information content (AvgIpc) is 2.37. The number of nitrogens with zero attached hydrogens (tertiary/aromatic N) is 1. The Balaban J connectivity index is 2.32. The molecule has 6 heteroatoms. The Hall–Kier alpha value is -2.08. The van der Waals surface area contributed by atoms with Crippen molar-refractivity contribution in [2.24, 2.45) is 5.73 Å². The number of pyridine rings is 1. The van der Waals surface area contributed by atoms with Crippen molar-refractivity contribution in [3.8, 4) is 16.9 Å². The molecule has 0 amide bonds. The Labute approximate surface area is 107 Å². The molecule has 0 saturated heterocycles. The van der Waals surface area contributed by atoms with Gasteiger partial charge in [0.15, 0.2) is 0 Å². The molecule has 0 aliphatic heterocycles. The fourth-order valence-corrected chi connectivity index (χ4v) is 1.63. The van der Waals surface area contributed by atoms with Crippen molar-refractivity contribution in [2.75, 3.05) is 0 Å². The van der Waals surface area contributed by atoms with Gasteiger partial charge in [-0.25, -0.2) is 0 Å². The molecule has 0 fully saturated rings. The first-order chi connectivity index (χ1) is 8.98. The zero-order chi connectivity index (χ0) is 13.9. The van der Waals surface area contributed by atoms with Gasteiger partial charge in [0.2, 0.25) is 0 Å². The van der Waals surface area contributed by atoms with E-state index >= 15 is 0 Å². The largest absolute Gasteiger partial charge is 0.573 e. The van der Waals surface area contributed by atoms with Crippen LogP contribution in [0.2, 0.25) is 0 Å². The molecule has 2 N–H and O–H groups in total. The molecule has 0 aliphatic carbocycles. The molecule has 0 radical (unpaired) electrons.